The smallest absolute Gasteiger partial charge is 0.156 e. The maximum atomic E-state index is 13.6. The predicted molar refractivity (Wildman–Crippen MR) is 51.6 cm³/mol. The normalized spacial score (nSPS) is 11.1. The van der Waals surface area contributed by atoms with Crippen molar-refractivity contribution in [3.63, 3.8) is 0 Å². The summed E-state index contributed by atoms with van der Waals surface area (Å²) in [5.74, 6) is -0.230. The molecule has 0 fully saturated rings. The van der Waals surface area contributed by atoms with Crippen LogP contribution in [-0.2, 0) is 0 Å². The standard InChI is InChI=1S/C9H9FN2S/c1-4-5(2)11-9-8(7(4)10)12-6(3)13-9/h1-3H3. The van der Waals surface area contributed by atoms with E-state index >= 15 is 0 Å². The van der Waals surface area contributed by atoms with Gasteiger partial charge in [0.15, 0.2) is 5.82 Å². The predicted octanol–water partition coefficient (Wildman–Crippen LogP) is 2.76. The Morgan fingerprint density at radius 1 is 1.15 bits per heavy atom. The van der Waals surface area contributed by atoms with E-state index < -0.39 is 0 Å². The van der Waals surface area contributed by atoms with Crippen LogP contribution in [0, 0.1) is 26.6 Å². The number of hydrogen-bond acceptors (Lipinski definition) is 3. The van der Waals surface area contributed by atoms with Crippen LogP contribution in [0.4, 0.5) is 4.39 Å². The van der Waals surface area contributed by atoms with E-state index in [1.54, 1.807) is 6.92 Å². The third-order valence-corrected chi connectivity index (χ3v) is 2.93. The monoisotopic (exact) mass is 196 g/mol. The van der Waals surface area contributed by atoms with Gasteiger partial charge in [-0.3, -0.25) is 0 Å². The SMILES string of the molecule is Cc1nc2c(F)c(C)c(C)nc2s1. The highest BCUT2D eigenvalue weighted by atomic mass is 32.1. The Morgan fingerprint density at radius 2 is 1.85 bits per heavy atom. The number of thiazole rings is 1. The van der Waals surface area contributed by atoms with Crippen LogP contribution in [0.5, 0.6) is 0 Å². The Bertz CT molecular complexity index is 476. The molecule has 4 heteroatoms. The summed E-state index contributed by atoms with van der Waals surface area (Å²) in [7, 11) is 0. The molecule has 0 spiro atoms. The first kappa shape index (κ1) is 8.56. The van der Waals surface area contributed by atoms with Crippen LogP contribution in [0.15, 0.2) is 0 Å². The molecule has 2 aromatic heterocycles. The molecule has 0 radical (unpaired) electrons. The van der Waals surface area contributed by atoms with Crippen molar-refractivity contribution in [2.45, 2.75) is 20.8 Å². The molecule has 2 aromatic rings. The highest BCUT2D eigenvalue weighted by Crippen LogP contribution is 2.24. The number of rotatable bonds is 0. The Balaban J connectivity index is 2.92. The number of pyridine rings is 1. The third-order valence-electron chi connectivity index (χ3n) is 2.07. The molecule has 0 aliphatic carbocycles. The minimum absolute atomic E-state index is 0.230. The Morgan fingerprint density at radius 3 is 2.54 bits per heavy atom. The summed E-state index contributed by atoms with van der Waals surface area (Å²) in [5, 5.41) is 0.853. The highest BCUT2D eigenvalue weighted by molar-refractivity contribution is 7.18. The summed E-state index contributed by atoms with van der Waals surface area (Å²) < 4.78 is 13.6. The molecule has 2 heterocycles. The largest absolute Gasteiger partial charge is 0.240 e. The lowest BCUT2D eigenvalue weighted by molar-refractivity contribution is 0.624. The molecular formula is C9H9FN2S. The van der Waals surface area contributed by atoms with Crippen molar-refractivity contribution in [3.05, 3.63) is 22.1 Å². The number of aromatic nitrogens is 2. The van der Waals surface area contributed by atoms with Gasteiger partial charge in [0.2, 0.25) is 0 Å². The molecule has 0 aliphatic heterocycles. The number of fused-ring (bicyclic) bond motifs is 1. The van der Waals surface area contributed by atoms with E-state index in [2.05, 4.69) is 9.97 Å². The molecule has 0 saturated heterocycles. The minimum Gasteiger partial charge on any atom is -0.240 e. The van der Waals surface area contributed by atoms with Gasteiger partial charge in [-0.15, -0.1) is 0 Å². The second kappa shape index (κ2) is 2.73. The number of hydrogen-bond donors (Lipinski definition) is 0. The first-order chi connectivity index (χ1) is 6.09. The van der Waals surface area contributed by atoms with E-state index in [-0.39, 0.29) is 5.82 Å². The lowest BCUT2D eigenvalue weighted by atomic mass is 10.2. The Hall–Kier alpha value is -1.03. The van der Waals surface area contributed by atoms with Crippen molar-refractivity contribution in [1.29, 1.82) is 0 Å². The summed E-state index contributed by atoms with van der Waals surface area (Å²) >= 11 is 1.43. The van der Waals surface area contributed by atoms with E-state index in [0.717, 1.165) is 10.7 Å². The molecule has 0 aliphatic rings. The quantitative estimate of drug-likeness (QED) is 0.647. The summed E-state index contributed by atoms with van der Waals surface area (Å²) in [6.45, 7) is 5.40. The van der Waals surface area contributed by atoms with Gasteiger partial charge in [0.05, 0.1) is 5.01 Å². The molecule has 0 atom stereocenters. The fraction of sp³-hybridized carbons (Fsp3) is 0.333. The van der Waals surface area contributed by atoms with Gasteiger partial charge >= 0.3 is 0 Å². The third kappa shape index (κ3) is 1.21. The summed E-state index contributed by atoms with van der Waals surface area (Å²) in [6.07, 6.45) is 0. The van der Waals surface area contributed by atoms with Crippen LogP contribution in [0.1, 0.15) is 16.3 Å². The molecule has 0 saturated carbocycles. The fourth-order valence-electron chi connectivity index (χ4n) is 1.21. The molecule has 0 aromatic carbocycles. The van der Waals surface area contributed by atoms with Gasteiger partial charge < -0.3 is 0 Å². The van der Waals surface area contributed by atoms with E-state index in [4.69, 9.17) is 0 Å². The van der Waals surface area contributed by atoms with E-state index in [0.29, 0.717) is 15.9 Å². The van der Waals surface area contributed by atoms with Crippen LogP contribution in [0.3, 0.4) is 0 Å². The van der Waals surface area contributed by atoms with Crippen molar-refractivity contribution in [2.24, 2.45) is 0 Å². The number of halogens is 1. The second-order valence-corrected chi connectivity index (χ2v) is 4.20. The molecule has 2 nitrogen and oxygen atoms in total. The van der Waals surface area contributed by atoms with Gasteiger partial charge in [0.1, 0.15) is 10.3 Å². The second-order valence-electron chi connectivity index (χ2n) is 3.02. The maximum absolute atomic E-state index is 13.6. The molecule has 0 bridgehead atoms. The van der Waals surface area contributed by atoms with Crippen LogP contribution in [0.2, 0.25) is 0 Å². The summed E-state index contributed by atoms with van der Waals surface area (Å²) in [6, 6.07) is 0. The van der Waals surface area contributed by atoms with Crippen molar-refractivity contribution < 1.29 is 4.39 Å². The van der Waals surface area contributed by atoms with E-state index in [1.165, 1.54) is 11.3 Å². The first-order valence-corrected chi connectivity index (χ1v) is 4.81. The summed E-state index contributed by atoms with van der Waals surface area (Å²) in [4.78, 5) is 9.06. The van der Waals surface area contributed by atoms with Gasteiger partial charge in [0.25, 0.3) is 0 Å². The van der Waals surface area contributed by atoms with Crippen LogP contribution in [0.25, 0.3) is 10.3 Å². The van der Waals surface area contributed by atoms with Crippen molar-refractivity contribution >= 4 is 21.7 Å². The Kier molecular flexibility index (Phi) is 1.80. The van der Waals surface area contributed by atoms with Crippen LogP contribution >= 0.6 is 11.3 Å². The highest BCUT2D eigenvalue weighted by Gasteiger charge is 2.12. The minimum atomic E-state index is -0.230. The average Bonchev–Trinajstić information content (AvgIpc) is 2.42. The van der Waals surface area contributed by atoms with Gasteiger partial charge in [-0.2, -0.15) is 0 Å². The first-order valence-electron chi connectivity index (χ1n) is 3.99. The topological polar surface area (TPSA) is 25.8 Å². The zero-order valence-corrected chi connectivity index (χ0v) is 8.50. The van der Waals surface area contributed by atoms with E-state index in [9.17, 15) is 4.39 Å². The zero-order valence-electron chi connectivity index (χ0n) is 7.68. The van der Waals surface area contributed by atoms with Crippen LogP contribution in [-0.4, -0.2) is 9.97 Å². The average molecular weight is 196 g/mol. The molecule has 0 unspecified atom stereocenters. The van der Waals surface area contributed by atoms with Gasteiger partial charge in [0, 0.05) is 11.3 Å². The number of aryl methyl sites for hydroxylation is 2. The lowest BCUT2D eigenvalue weighted by Gasteiger charge is -1.99. The van der Waals surface area contributed by atoms with Gasteiger partial charge in [-0.1, -0.05) is 11.3 Å². The van der Waals surface area contributed by atoms with Crippen molar-refractivity contribution in [3.8, 4) is 0 Å². The molecule has 2 rings (SSSR count). The molecular weight excluding hydrogens is 187 g/mol. The fourth-order valence-corrected chi connectivity index (χ4v) is 2.04. The maximum Gasteiger partial charge on any atom is 0.156 e. The number of nitrogens with zero attached hydrogens (tertiary/aromatic N) is 2. The lowest BCUT2D eigenvalue weighted by Crippen LogP contribution is -1.92. The van der Waals surface area contributed by atoms with Gasteiger partial charge in [-0.25, -0.2) is 14.4 Å². The van der Waals surface area contributed by atoms with Crippen molar-refractivity contribution in [2.75, 3.05) is 0 Å². The zero-order chi connectivity index (χ0) is 9.59. The molecule has 0 amide bonds. The molecule has 68 valence electrons. The van der Waals surface area contributed by atoms with Crippen LogP contribution < -0.4 is 0 Å². The molecule has 13 heavy (non-hydrogen) atoms. The molecule has 0 N–H and O–H groups in total. The summed E-state index contributed by atoms with van der Waals surface area (Å²) in [5.41, 5.74) is 1.75. The van der Waals surface area contributed by atoms with Crippen molar-refractivity contribution in [1.82, 2.24) is 9.97 Å². The van der Waals surface area contributed by atoms with E-state index in [1.807, 2.05) is 13.8 Å². The Labute approximate surface area is 79.5 Å². The van der Waals surface area contributed by atoms with Gasteiger partial charge in [-0.05, 0) is 20.8 Å².